The van der Waals surface area contributed by atoms with Crippen LogP contribution in [-0.4, -0.2) is 133 Å². The molecule has 0 aromatic carbocycles. The van der Waals surface area contributed by atoms with E-state index in [4.69, 9.17) is 32.8 Å². The summed E-state index contributed by atoms with van der Waals surface area (Å²) in [5.74, 6) is -6.82. The molecule has 2 aliphatic heterocycles. The minimum atomic E-state index is -2.84. The molecule has 2 aromatic heterocycles. The van der Waals surface area contributed by atoms with Crippen LogP contribution in [0.5, 0.6) is 0 Å². The van der Waals surface area contributed by atoms with Crippen molar-refractivity contribution in [2.75, 3.05) is 13.2 Å². The maximum Gasteiger partial charge on any atom is 0.350 e. The molecule has 6 rings (SSSR count). The van der Waals surface area contributed by atoms with E-state index in [-0.39, 0.29) is 29.7 Å². The van der Waals surface area contributed by atoms with Crippen molar-refractivity contribution < 1.29 is 82.3 Å². The third-order valence-corrected chi connectivity index (χ3v) is 11.2. The van der Waals surface area contributed by atoms with Gasteiger partial charge in [-0.3, -0.25) is 14.6 Å². The molecule has 0 unspecified atom stereocenters. The van der Waals surface area contributed by atoms with Crippen LogP contribution >= 0.6 is 0 Å². The molecule has 2 aromatic rings. The number of aromatic nitrogens is 1. The number of aliphatic hydroxyl groups is 5. The fourth-order valence-corrected chi connectivity index (χ4v) is 8.75. The second-order valence-electron chi connectivity index (χ2n) is 14.5. The standard InChI is InChI=1S/C35H41NO17/c1-16(38)49-23-21-26(50-17(2)39)35-33(5,46)27(22(40)24(41)34(35,14-37)25(23)42)51-30(45)31(3,52-28(43)18-9-12-47-13-18)10-8-20-19(7-6-11-36-20)29(44)48-15-32(21,4)53-35/h6-7,9,11-13,21-27,37,40-42,46H,8,10,14-15H2,1-5H3/t21-,22-,23-,24+,25-,26-,27+,31+,32+,33+,34+,35+/m1/s1. The number of aryl methyl sites for hydroxylation is 1. The highest BCUT2D eigenvalue weighted by atomic mass is 16.7. The number of hydrogen-bond acceptors (Lipinski definition) is 18. The van der Waals surface area contributed by atoms with Gasteiger partial charge in [-0.1, -0.05) is 0 Å². The highest BCUT2D eigenvalue weighted by molar-refractivity contribution is 5.92. The number of pyridine rings is 1. The number of aliphatic hydroxyl groups excluding tert-OH is 4. The highest BCUT2D eigenvalue weighted by Gasteiger charge is 2.89. The van der Waals surface area contributed by atoms with Crippen LogP contribution < -0.4 is 0 Å². The van der Waals surface area contributed by atoms with E-state index in [9.17, 15) is 49.5 Å². The van der Waals surface area contributed by atoms with Gasteiger partial charge >= 0.3 is 29.8 Å². The molecule has 2 saturated carbocycles. The van der Waals surface area contributed by atoms with Crippen LogP contribution in [0.4, 0.5) is 0 Å². The minimum absolute atomic E-state index is 0.0728. The van der Waals surface area contributed by atoms with Gasteiger partial charge in [-0.15, -0.1) is 0 Å². The number of nitrogens with zero attached hydrogens (tertiary/aromatic N) is 1. The van der Waals surface area contributed by atoms with Gasteiger partial charge in [-0.2, -0.15) is 0 Å². The fourth-order valence-electron chi connectivity index (χ4n) is 8.75. The second kappa shape index (κ2) is 13.1. The minimum Gasteiger partial charge on any atom is -0.472 e. The average molecular weight is 748 g/mol. The summed E-state index contributed by atoms with van der Waals surface area (Å²) in [5, 5.41) is 59.8. The van der Waals surface area contributed by atoms with E-state index >= 15 is 0 Å². The molecule has 5 N–H and O–H groups in total. The fraction of sp³-hybridized carbons (Fsp3) is 0.600. The zero-order chi connectivity index (χ0) is 38.9. The Bertz CT molecular complexity index is 1800. The number of ether oxygens (including phenoxy) is 6. The van der Waals surface area contributed by atoms with Crippen molar-refractivity contribution in [3.63, 3.8) is 0 Å². The quantitative estimate of drug-likeness (QED) is 0.184. The number of carbonyl (C=O) groups is 5. The smallest absolute Gasteiger partial charge is 0.350 e. The van der Waals surface area contributed by atoms with Gasteiger partial charge in [-0.25, -0.2) is 14.4 Å². The van der Waals surface area contributed by atoms with Crippen molar-refractivity contribution in [2.24, 2.45) is 11.3 Å². The molecule has 1 saturated heterocycles. The van der Waals surface area contributed by atoms with Crippen molar-refractivity contribution >= 4 is 29.8 Å². The molecule has 1 spiro atoms. The van der Waals surface area contributed by atoms with Crippen LogP contribution in [-0.2, 0) is 49.2 Å². The Morgan fingerprint density at radius 1 is 1.02 bits per heavy atom. The number of esters is 5. The van der Waals surface area contributed by atoms with E-state index in [1.807, 2.05) is 0 Å². The average Bonchev–Trinajstić information content (AvgIpc) is 3.71. The first-order valence-electron chi connectivity index (χ1n) is 16.8. The Labute approximate surface area is 301 Å². The first kappa shape index (κ1) is 38.3. The number of cyclic esters (lactones) is 1. The van der Waals surface area contributed by atoms with E-state index in [0.29, 0.717) is 0 Å². The number of furan rings is 1. The number of fused-ring (bicyclic) bond motifs is 5. The SMILES string of the molecule is CC(=O)O[C@@H]1[C@@H]2[C@@H](OC(C)=O)[C@@]34O[C@@]2(C)COC(=O)c2cccnc2CC[C@](C)(OC(=O)c2ccoc2)C(=O)O[C@@H]([C@H](O)[C@H](O)[C@@]3(CO)[C@@H]1O)[C@]4(C)O. The van der Waals surface area contributed by atoms with E-state index in [1.54, 1.807) is 0 Å². The first-order valence-corrected chi connectivity index (χ1v) is 16.8. The number of rotatable bonds is 5. The van der Waals surface area contributed by atoms with Crippen molar-refractivity contribution in [1.82, 2.24) is 4.98 Å². The van der Waals surface area contributed by atoms with Crippen LogP contribution in [0.1, 0.15) is 67.4 Å². The lowest BCUT2D eigenvalue weighted by atomic mass is 9.45. The van der Waals surface area contributed by atoms with Crippen LogP contribution in [0.2, 0.25) is 0 Å². The van der Waals surface area contributed by atoms with Gasteiger partial charge in [0.15, 0.2) is 11.7 Å². The van der Waals surface area contributed by atoms with Gasteiger partial charge in [0.1, 0.15) is 48.5 Å². The summed E-state index contributed by atoms with van der Waals surface area (Å²) in [4.78, 5) is 70.9. The monoisotopic (exact) mass is 747 g/mol. The van der Waals surface area contributed by atoms with Crippen molar-refractivity contribution in [3.05, 3.63) is 53.7 Å². The number of carbonyl (C=O) groups excluding carboxylic acids is 5. The Morgan fingerprint density at radius 3 is 2.34 bits per heavy atom. The topological polar surface area (TPSA) is 268 Å². The predicted molar refractivity (Wildman–Crippen MR) is 170 cm³/mol. The molecule has 4 heterocycles. The molecule has 18 heteroatoms. The molecule has 18 nitrogen and oxygen atoms in total. The van der Waals surface area contributed by atoms with Crippen LogP contribution in [0.3, 0.4) is 0 Å². The lowest BCUT2D eigenvalue weighted by Crippen LogP contribution is -2.88. The third-order valence-electron chi connectivity index (χ3n) is 11.2. The van der Waals surface area contributed by atoms with Crippen LogP contribution in [0, 0.1) is 11.3 Å². The highest BCUT2D eigenvalue weighted by Crippen LogP contribution is 2.68. The molecular formula is C35H41NO17. The van der Waals surface area contributed by atoms with Gasteiger partial charge in [-0.05, 0) is 45.4 Å². The summed E-state index contributed by atoms with van der Waals surface area (Å²) >= 11 is 0. The molecule has 0 amide bonds. The Kier molecular flexibility index (Phi) is 9.48. The largest absolute Gasteiger partial charge is 0.472 e. The molecule has 3 fully saturated rings. The van der Waals surface area contributed by atoms with Gasteiger partial charge in [0, 0.05) is 26.5 Å². The molecular weight excluding hydrogens is 706 g/mol. The third kappa shape index (κ3) is 5.53. The summed E-state index contributed by atoms with van der Waals surface area (Å²) < 4.78 is 40.2. The molecule has 53 heavy (non-hydrogen) atoms. The van der Waals surface area contributed by atoms with Crippen molar-refractivity contribution in [1.29, 1.82) is 0 Å². The van der Waals surface area contributed by atoms with Gasteiger partial charge in [0.25, 0.3) is 0 Å². The zero-order valence-corrected chi connectivity index (χ0v) is 29.4. The molecule has 4 aliphatic rings. The lowest BCUT2D eigenvalue weighted by molar-refractivity contribution is -0.386. The Balaban J connectivity index is 1.60. The van der Waals surface area contributed by atoms with Gasteiger partial charge in [0.2, 0.25) is 5.60 Å². The van der Waals surface area contributed by atoms with E-state index < -0.39 is 113 Å². The summed E-state index contributed by atoms with van der Waals surface area (Å²) in [6, 6.07) is 4.11. The predicted octanol–water partition coefficient (Wildman–Crippen LogP) is -0.848. The normalized spacial score (nSPS) is 40.8. The summed E-state index contributed by atoms with van der Waals surface area (Å²) in [5.41, 5.74) is -12.5. The Hall–Kier alpha value is -4.46. The van der Waals surface area contributed by atoms with E-state index in [0.717, 1.165) is 27.0 Å². The summed E-state index contributed by atoms with van der Waals surface area (Å²) in [7, 11) is 0. The van der Waals surface area contributed by atoms with Gasteiger partial charge in [0.05, 0.1) is 47.1 Å². The van der Waals surface area contributed by atoms with Gasteiger partial charge < -0.3 is 58.4 Å². The molecule has 288 valence electrons. The Morgan fingerprint density at radius 2 is 1.72 bits per heavy atom. The zero-order valence-electron chi connectivity index (χ0n) is 29.4. The molecule has 12 atom stereocenters. The molecule has 2 aliphatic carbocycles. The van der Waals surface area contributed by atoms with Crippen LogP contribution in [0.15, 0.2) is 41.3 Å². The molecule has 0 radical (unpaired) electrons. The molecule has 4 bridgehead atoms. The second-order valence-corrected chi connectivity index (χ2v) is 14.5. The number of hydrogen-bond donors (Lipinski definition) is 5. The van der Waals surface area contributed by atoms with E-state index in [2.05, 4.69) is 4.98 Å². The van der Waals surface area contributed by atoms with Crippen LogP contribution in [0.25, 0.3) is 0 Å². The summed E-state index contributed by atoms with van der Waals surface area (Å²) in [6.45, 7) is 3.49. The van der Waals surface area contributed by atoms with Crippen molar-refractivity contribution in [2.45, 2.75) is 106 Å². The maximum atomic E-state index is 14.3. The lowest BCUT2D eigenvalue weighted by Gasteiger charge is -2.67. The first-order chi connectivity index (χ1) is 24.8. The van der Waals surface area contributed by atoms with Crippen molar-refractivity contribution in [3.8, 4) is 0 Å². The maximum absolute atomic E-state index is 14.3. The van der Waals surface area contributed by atoms with E-state index in [1.165, 1.54) is 44.5 Å². The summed E-state index contributed by atoms with van der Waals surface area (Å²) in [6.07, 6.45) is -9.74.